The lowest BCUT2D eigenvalue weighted by molar-refractivity contribution is 0.737. The molecule has 11 heavy (non-hydrogen) atoms. The van der Waals surface area contributed by atoms with E-state index in [9.17, 15) is 0 Å². The Balaban J connectivity index is 0. The molecule has 0 radical (unpaired) electrons. The van der Waals surface area contributed by atoms with E-state index in [0.717, 1.165) is 5.92 Å². The summed E-state index contributed by atoms with van der Waals surface area (Å²) in [5, 5.41) is 7.07. The molecular weight excluding hydrogens is 136 g/mol. The minimum absolute atomic E-state index is 0. The van der Waals surface area contributed by atoms with E-state index in [-0.39, 0.29) is 7.43 Å². The first-order chi connectivity index (χ1) is 4.73. The molecule has 0 fully saturated rings. The molecule has 1 aromatic rings. The van der Waals surface area contributed by atoms with Gasteiger partial charge in [0.05, 0.1) is 0 Å². The van der Waals surface area contributed by atoms with Gasteiger partial charge in [-0.1, -0.05) is 28.2 Å². The summed E-state index contributed by atoms with van der Waals surface area (Å²) in [4.78, 5) is 0. The largest absolute Gasteiger partial charge is 0.159 e. The summed E-state index contributed by atoms with van der Waals surface area (Å²) in [7, 11) is 0. The predicted octanol–water partition coefficient (Wildman–Crippen LogP) is 2.78. The van der Waals surface area contributed by atoms with Gasteiger partial charge in [0.15, 0.2) is 0 Å². The quantitative estimate of drug-likeness (QED) is 0.574. The third-order valence-electron chi connectivity index (χ3n) is 0.483. The van der Waals surface area contributed by atoms with Crippen molar-refractivity contribution in [1.82, 2.24) is 10.2 Å². The highest BCUT2D eigenvalue weighted by molar-refractivity contribution is 4.79. The highest BCUT2D eigenvalue weighted by Crippen LogP contribution is 1.81. The number of rotatable bonds is 0. The minimum atomic E-state index is 0. The third-order valence-corrected chi connectivity index (χ3v) is 0.483. The maximum absolute atomic E-state index is 3.53. The molecule has 1 aromatic heterocycles. The first-order valence-corrected chi connectivity index (χ1v) is 3.45. The van der Waals surface area contributed by atoms with E-state index in [1.165, 1.54) is 0 Å². The molecule has 0 aliphatic heterocycles. The van der Waals surface area contributed by atoms with Crippen molar-refractivity contribution in [3.05, 3.63) is 24.5 Å². The Morgan fingerprint density at radius 3 is 1.27 bits per heavy atom. The Morgan fingerprint density at radius 1 is 0.909 bits per heavy atom. The maximum atomic E-state index is 3.53. The summed E-state index contributed by atoms with van der Waals surface area (Å²) in [6.45, 7) is 6.50. The van der Waals surface area contributed by atoms with Crippen molar-refractivity contribution < 1.29 is 0 Å². The molecule has 0 aliphatic carbocycles. The molecule has 2 heteroatoms. The zero-order chi connectivity index (χ0) is 7.82. The fourth-order valence-corrected chi connectivity index (χ4v) is 0.253. The molecule has 0 N–H and O–H groups in total. The summed E-state index contributed by atoms with van der Waals surface area (Å²) in [5.74, 6) is 0.833. The zero-order valence-electron chi connectivity index (χ0n) is 6.78. The molecule has 1 rings (SSSR count). The second-order valence-electron chi connectivity index (χ2n) is 2.65. The van der Waals surface area contributed by atoms with Crippen LogP contribution in [0.5, 0.6) is 0 Å². The van der Waals surface area contributed by atoms with Gasteiger partial charge in [-0.3, -0.25) is 0 Å². The molecule has 0 saturated heterocycles. The molecule has 0 saturated carbocycles. The lowest BCUT2D eigenvalue weighted by Gasteiger charge is -1.79. The Labute approximate surface area is 69.7 Å². The number of nitrogens with zero attached hydrogens (tertiary/aromatic N) is 2. The van der Waals surface area contributed by atoms with Gasteiger partial charge in [0, 0.05) is 12.4 Å². The SMILES string of the molecule is C.CC(C)C.c1ccnnc1. The van der Waals surface area contributed by atoms with E-state index >= 15 is 0 Å². The molecule has 0 aromatic carbocycles. The van der Waals surface area contributed by atoms with Gasteiger partial charge in [-0.25, -0.2) is 0 Å². The maximum Gasteiger partial charge on any atom is 0.0496 e. The topological polar surface area (TPSA) is 25.8 Å². The Bertz CT molecular complexity index is 108. The van der Waals surface area contributed by atoms with Gasteiger partial charge in [0.1, 0.15) is 0 Å². The predicted molar refractivity (Wildman–Crippen MR) is 49.3 cm³/mol. The summed E-state index contributed by atoms with van der Waals surface area (Å²) in [5.41, 5.74) is 0. The average Bonchev–Trinajstić information content (AvgIpc) is 1.90. The number of hydrogen-bond donors (Lipinski definition) is 0. The van der Waals surface area contributed by atoms with E-state index in [1.54, 1.807) is 12.4 Å². The molecule has 64 valence electrons. The fraction of sp³-hybridized carbons (Fsp3) is 0.556. The third kappa shape index (κ3) is 17.6. The molecule has 0 unspecified atom stereocenters. The standard InChI is InChI=1S/C4H4N2.C4H10.CH4/c1-2-4-6-5-3-1;1-4(2)3;/h1-4H;4H,1-3H3;1H4. The highest BCUT2D eigenvalue weighted by atomic mass is 15.1. The van der Waals surface area contributed by atoms with Crippen LogP contribution in [0.4, 0.5) is 0 Å². The van der Waals surface area contributed by atoms with E-state index in [0.29, 0.717) is 0 Å². The first kappa shape index (κ1) is 12.7. The van der Waals surface area contributed by atoms with Gasteiger partial charge >= 0.3 is 0 Å². The van der Waals surface area contributed by atoms with Crippen molar-refractivity contribution in [3.8, 4) is 0 Å². The van der Waals surface area contributed by atoms with Crippen LogP contribution in [-0.2, 0) is 0 Å². The summed E-state index contributed by atoms with van der Waals surface area (Å²) >= 11 is 0. The second-order valence-corrected chi connectivity index (χ2v) is 2.65. The lowest BCUT2D eigenvalue weighted by atomic mass is 10.3. The van der Waals surface area contributed by atoms with Crippen LogP contribution in [0.25, 0.3) is 0 Å². The van der Waals surface area contributed by atoms with Crippen molar-refractivity contribution in [3.63, 3.8) is 0 Å². The summed E-state index contributed by atoms with van der Waals surface area (Å²) in [6, 6.07) is 3.65. The van der Waals surface area contributed by atoms with Crippen LogP contribution in [0.3, 0.4) is 0 Å². The van der Waals surface area contributed by atoms with Crippen LogP contribution >= 0.6 is 0 Å². The Kier molecular flexibility index (Phi) is 10.5. The van der Waals surface area contributed by atoms with Gasteiger partial charge in [-0.2, -0.15) is 10.2 Å². The van der Waals surface area contributed by atoms with Crippen LogP contribution in [0.15, 0.2) is 24.5 Å². The van der Waals surface area contributed by atoms with Crippen LogP contribution in [-0.4, -0.2) is 10.2 Å². The fourth-order valence-electron chi connectivity index (χ4n) is 0.253. The molecule has 1 heterocycles. The molecule has 0 bridgehead atoms. The first-order valence-electron chi connectivity index (χ1n) is 3.45. The van der Waals surface area contributed by atoms with E-state index in [1.807, 2.05) is 12.1 Å². The van der Waals surface area contributed by atoms with Crippen molar-refractivity contribution in [1.29, 1.82) is 0 Å². The molecular formula is C9H18N2. The van der Waals surface area contributed by atoms with Gasteiger partial charge in [-0.05, 0) is 18.1 Å². The molecule has 0 amide bonds. The number of aromatic nitrogens is 2. The Morgan fingerprint density at radius 2 is 1.18 bits per heavy atom. The van der Waals surface area contributed by atoms with Gasteiger partial charge in [-0.15, -0.1) is 0 Å². The van der Waals surface area contributed by atoms with Crippen LogP contribution in [0.1, 0.15) is 28.2 Å². The average molecular weight is 154 g/mol. The van der Waals surface area contributed by atoms with Gasteiger partial charge in [0.25, 0.3) is 0 Å². The highest BCUT2D eigenvalue weighted by Gasteiger charge is 1.68. The molecule has 0 atom stereocenters. The van der Waals surface area contributed by atoms with Crippen LogP contribution in [0.2, 0.25) is 0 Å². The normalized spacial score (nSPS) is 7.64. The minimum Gasteiger partial charge on any atom is -0.159 e. The van der Waals surface area contributed by atoms with Gasteiger partial charge in [0.2, 0.25) is 0 Å². The van der Waals surface area contributed by atoms with Crippen molar-refractivity contribution in [2.45, 2.75) is 28.2 Å². The Hall–Kier alpha value is -0.920. The molecule has 0 aliphatic rings. The summed E-state index contributed by atoms with van der Waals surface area (Å²) < 4.78 is 0. The smallest absolute Gasteiger partial charge is 0.0496 e. The van der Waals surface area contributed by atoms with E-state index in [2.05, 4.69) is 31.0 Å². The van der Waals surface area contributed by atoms with Crippen molar-refractivity contribution in [2.75, 3.05) is 0 Å². The van der Waals surface area contributed by atoms with Crippen LogP contribution < -0.4 is 0 Å². The van der Waals surface area contributed by atoms with Crippen LogP contribution in [0, 0.1) is 5.92 Å². The van der Waals surface area contributed by atoms with E-state index in [4.69, 9.17) is 0 Å². The van der Waals surface area contributed by atoms with Gasteiger partial charge < -0.3 is 0 Å². The summed E-state index contributed by atoms with van der Waals surface area (Å²) in [6.07, 6.45) is 3.28. The lowest BCUT2D eigenvalue weighted by Crippen LogP contribution is -1.69. The number of hydrogen-bond acceptors (Lipinski definition) is 2. The molecule has 2 nitrogen and oxygen atoms in total. The van der Waals surface area contributed by atoms with E-state index < -0.39 is 0 Å². The van der Waals surface area contributed by atoms with Crippen molar-refractivity contribution in [2.24, 2.45) is 5.92 Å². The zero-order valence-corrected chi connectivity index (χ0v) is 6.78. The molecule has 0 spiro atoms. The van der Waals surface area contributed by atoms with Crippen molar-refractivity contribution >= 4 is 0 Å². The monoisotopic (exact) mass is 154 g/mol. The second kappa shape index (κ2) is 9.08.